The largest absolute Gasteiger partial charge is 0.456 e. The number of rotatable bonds is 3. The van der Waals surface area contributed by atoms with Gasteiger partial charge < -0.3 is 4.74 Å². The van der Waals surface area contributed by atoms with Gasteiger partial charge in [0.15, 0.2) is 0 Å². The fourth-order valence-corrected chi connectivity index (χ4v) is 2.75. The minimum atomic E-state index is 0.786. The number of halogens is 1. The standard InChI is InChI=1S/C18H15BrO/c1-13-9-10-17(15(11-13)12-19)20-18-8-4-6-14-5-2-3-7-16(14)18/h2-11H,12H2,1H3. The normalized spacial score (nSPS) is 10.7. The van der Waals surface area contributed by atoms with Crippen molar-refractivity contribution in [3.63, 3.8) is 0 Å². The van der Waals surface area contributed by atoms with Gasteiger partial charge in [0.05, 0.1) is 0 Å². The van der Waals surface area contributed by atoms with Crippen LogP contribution in [0.5, 0.6) is 11.5 Å². The van der Waals surface area contributed by atoms with E-state index in [1.54, 1.807) is 0 Å². The summed E-state index contributed by atoms with van der Waals surface area (Å²) >= 11 is 3.53. The Morgan fingerprint density at radius 3 is 2.55 bits per heavy atom. The summed E-state index contributed by atoms with van der Waals surface area (Å²) in [6.07, 6.45) is 0. The van der Waals surface area contributed by atoms with Gasteiger partial charge in [-0.25, -0.2) is 0 Å². The predicted molar refractivity (Wildman–Crippen MR) is 87.8 cm³/mol. The highest BCUT2D eigenvalue weighted by Crippen LogP contribution is 2.32. The van der Waals surface area contributed by atoms with Gasteiger partial charge >= 0.3 is 0 Å². The Morgan fingerprint density at radius 1 is 0.900 bits per heavy atom. The second-order valence-electron chi connectivity index (χ2n) is 4.82. The average molecular weight is 327 g/mol. The molecule has 0 aliphatic rings. The SMILES string of the molecule is Cc1ccc(Oc2cccc3ccccc23)c(CBr)c1. The van der Waals surface area contributed by atoms with Gasteiger partial charge in [-0.3, -0.25) is 0 Å². The fourth-order valence-electron chi connectivity index (χ4n) is 2.32. The van der Waals surface area contributed by atoms with Crippen molar-refractivity contribution < 1.29 is 4.74 Å². The molecule has 3 aromatic carbocycles. The van der Waals surface area contributed by atoms with Crippen molar-refractivity contribution in [2.24, 2.45) is 0 Å². The highest BCUT2D eigenvalue weighted by Gasteiger charge is 2.07. The van der Waals surface area contributed by atoms with Gasteiger partial charge in [-0.05, 0) is 24.4 Å². The van der Waals surface area contributed by atoms with Crippen molar-refractivity contribution in [2.75, 3.05) is 0 Å². The van der Waals surface area contributed by atoms with Gasteiger partial charge in [0.25, 0.3) is 0 Å². The van der Waals surface area contributed by atoms with Gasteiger partial charge in [0.2, 0.25) is 0 Å². The highest BCUT2D eigenvalue weighted by molar-refractivity contribution is 9.08. The number of aryl methyl sites for hydroxylation is 1. The second-order valence-corrected chi connectivity index (χ2v) is 5.38. The van der Waals surface area contributed by atoms with Crippen molar-refractivity contribution in [1.82, 2.24) is 0 Å². The van der Waals surface area contributed by atoms with Crippen LogP contribution in [0.2, 0.25) is 0 Å². The maximum absolute atomic E-state index is 6.14. The van der Waals surface area contributed by atoms with Gasteiger partial charge in [-0.15, -0.1) is 0 Å². The van der Waals surface area contributed by atoms with Crippen LogP contribution >= 0.6 is 15.9 Å². The Bertz CT molecular complexity index is 744. The Hall–Kier alpha value is -1.80. The molecule has 0 unspecified atom stereocenters. The van der Waals surface area contributed by atoms with Crippen LogP contribution in [0.25, 0.3) is 10.8 Å². The van der Waals surface area contributed by atoms with Gasteiger partial charge in [0.1, 0.15) is 11.5 Å². The summed E-state index contributed by atoms with van der Waals surface area (Å²) in [6.45, 7) is 2.09. The third kappa shape index (κ3) is 2.56. The summed E-state index contributed by atoms with van der Waals surface area (Å²) in [5.74, 6) is 1.80. The lowest BCUT2D eigenvalue weighted by molar-refractivity contribution is 0.484. The lowest BCUT2D eigenvalue weighted by atomic mass is 10.1. The van der Waals surface area contributed by atoms with Crippen LogP contribution in [-0.2, 0) is 5.33 Å². The van der Waals surface area contributed by atoms with Crippen molar-refractivity contribution >= 4 is 26.7 Å². The number of alkyl halides is 1. The molecule has 100 valence electrons. The molecule has 0 spiro atoms. The molecular formula is C18H15BrO. The monoisotopic (exact) mass is 326 g/mol. The molecule has 2 heteroatoms. The summed E-state index contributed by atoms with van der Waals surface area (Å²) in [6, 6.07) is 20.7. The van der Waals surface area contributed by atoms with E-state index in [0.717, 1.165) is 27.8 Å². The summed E-state index contributed by atoms with van der Waals surface area (Å²) in [5.41, 5.74) is 2.41. The van der Waals surface area contributed by atoms with E-state index in [-0.39, 0.29) is 0 Å². The van der Waals surface area contributed by atoms with Crippen molar-refractivity contribution in [1.29, 1.82) is 0 Å². The van der Waals surface area contributed by atoms with Crippen LogP contribution in [0.15, 0.2) is 60.7 Å². The molecular weight excluding hydrogens is 312 g/mol. The molecule has 0 aromatic heterocycles. The predicted octanol–water partition coefficient (Wildman–Crippen LogP) is 5.84. The van der Waals surface area contributed by atoms with E-state index in [4.69, 9.17) is 4.74 Å². The molecule has 0 saturated heterocycles. The quantitative estimate of drug-likeness (QED) is 0.550. The summed E-state index contributed by atoms with van der Waals surface area (Å²) < 4.78 is 6.14. The van der Waals surface area contributed by atoms with E-state index >= 15 is 0 Å². The molecule has 20 heavy (non-hydrogen) atoms. The van der Waals surface area contributed by atoms with E-state index in [1.807, 2.05) is 30.3 Å². The molecule has 0 saturated carbocycles. The Balaban J connectivity index is 2.05. The second kappa shape index (κ2) is 5.68. The first kappa shape index (κ1) is 13.2. The zero-order chi connectivity index (χ0) is 13.9. The van der Waals surface area contributed by atoms with E-state index in [0.29, 0.717) is 0 Å². The fraction of sp³-hybridized carbons (Fsp3) is 0.111. The zero-order valence-corrected chi connectivity index (χ0v) is 12.9. The van der Waals surface area contributed by atoms with E-state index < -0.39 is 0 Å². The van der Waals surface area contributed by atoms with E-state index in [1.165, 1.54) is 10.9 Å². The number of benzene rings is 3. The van der Waals surface area contributed by atoms with E-state index in [2.05, 4.69) is 53.2 Å². The number of ether oxygens (including phenoxy) is 1. The van der Waals surface area contributed by atoms with Crippen LogP contribution < -0.4 is 4.74 Å². The molecule has 3 rings (SSSR count). The molecule has 0 radical (unpaired) electrons. The number of hydrogen-bond donors (Lipinski definition) is 0. The molecule has 0 bridgehead atoms. The van der Waals surface area contributed by atoms with Crippen molar-refractivity contribution in [3.8, 4) is 11.5 Å². The Morgan fingerprint density at radius 2 is 1.70 bits per heavy atom. The maximum atomic E-state index is 6.14. The van der Waals surface area contributed by atoms with Crippen LogP contribution in [0.4, 0.5) is 0 Å². The van der Waals surface area contributed by atoms with Gasteiger partial charge in [0, 0.05) is 16.3 Å². The lowest BCUT2D eigenvalue weighted by Crippen LogP contribution is -1.91. The molecule has 1 nitrogen and oxygen atoms in total. The minimum absolute atomic E-state index is 0.786. The third-order valence-electron chi connectivity index (χ3n) is 3.33. The van der Waals surface area contributed by atoms with Gasteiger partial charge in [-0.2, -0.15) is 0 Å². The van der Waals surface area contributed by atoms with Crippen molar-refractivity contribution in [3.05, 3.63) is 71.8 Å². The first-order valence-electron chi connectivity index (χ1n) is 6.59. The van der Waals surface area contributed by atoms with Gasteiger partial charge in [-0.1, -0.05) is 70.0 Å². The Labute approximate surface area is 127 Å². The highest BCUT2D eigenvalue weighted by atomic mass is 79.9. The molecule has 0 N–H and O–H groups in total. The first-order chi connectivity index (χ1) is 9.78. The zero-order valence-electron chi connectivity index (χ0n) is 11.3. The summed E-state index contributed by atoms with van der Waals surface area (Å²) in [7, 11) is 0. The topological polar surface area (TPSA) is 9.23 Å². The Kier molecular flexibility index (Phi) is 3.75. The average Bonchev–Trinajstić information content (AvgIpc) is 2.49. The van der Waals surface area contributed by atoms with Crippen LogP contribution in [-0.4, -0.2) is 0 Å². The maximum Gasteiger partial charge on any atom is 0.135 e. The lowest BCUT2D eigenvalue weighted by Gasteiger charge is -2.12. The molecule has 0 aliphatic heterocycles. The molecule has 0 atom stereocenters. The minimum Gasteiger partial charge on any atom is -0.456 e. The van der Waals surface area contributed by atoms with Crippen LogP contribution in [0, 0.1) is 6.92 Å². The third-order valence-corrected chi connectivity index (χ3v) is 3.93. The number of hydrogen-bond acceptors (Lipinski definition) is 1. The molecule has 0 heterocycles. The van der Waals surface area contributed by atoms with Crippen molar-refractivity contribution in [2.45, 2.75) is 12.3 Å². The number of fused-ring (bicyclic) bond motifs is 1. The smallest absolute Gasteiger partial charge is 0.135 e. The summed E-state index contributed by atoms with van der Waals surface area (Å²) in [4.78, 5) is 0. The van der Waals surface area contributed by atoms with Crippen LogP contribution in [0.1, 0.15) is 11.1 Å². The molecule has 3 aromatic rings. The molecule has 0 aliphatic carbocycles. The molecule has 0 amide bonds. The first-order valence-corrected chi connectivity index (χ1v) is 7.71. The van der Waals surface area contributed by atoms with E-state index in [9.17, 15) is 0 Å². The molecule has 0 fully saturated rings. The summed E-state index contributed by atoms with van der Waals surface area (Å²) in [5, 5.41) is 3.11. The van der Waals surface area contributed by atoms with Crippen LogP contribution in [0.3, 0.4) is 0 Å².